The van der Waals surface area contributed by atoms with E-state index in [4.69, 9.17) is 15.2 Å². The zero-order chi connectivity index (χ0) is 16.8. The van der Waals surface area contributed by atoms with E-state index < -0.39 is 11.6 Å². The average Bonchev–Trinajstić information content (AvgIpc) is 2.85. The molecule has 0 aromatic rings. The summed E-state index contributed by atoms with van der Waals surface area (Å²) in [5.41, 5.74) is 5.28. The van der Waals surface area contributed by atoms with E-state index in [0.717, 1.165) is 25.1 Å². The summed E-state index contributed by atoms with van der Waals surface area (Å²) in [6.07, 6.45) is 1.68. The third kappa shape index (κ3) is 6.44. The van der Waals surface area contributed by atoms with Crippen LogP contribution in [0.25, 0.3) is 0 Å². The van der Waals surface area contributed by atoms with Crippen molar-refractivity contribution in [1.82, 2.24) is 4.90 Å². The van der Waals surface area contributed by atoms with Crippen LogP contribution in [0.5, 0.6) is 0 Å². The lowest BCUT2D eigenvalue weighted by molar-refractivity contribution is -0.144. The lowest BCUT2D eigenvalue weighted by atomic mass is 10.2. The van der Waals surface area contributed by atoms with Gasteiger partial charge in [0, 0.05) is 24.1 Å². The zero-order valence-corrected chi connectivity index (χ0v) is 14.8. The number of carbonyl (C=O) groups is 2. The Morgan fingerprint density at radius 1 is 1.41 bits per heavy atom. The Morgan fingerprint density at radius 3 is 2.68 bits per heavy atom. The van der Waals surface area contributed by atoms with Gasteiger partial charge >= 0.3 is 12.1 Å². The van der Waals surface area contributed by atoms with E-state index in [2.05, 4.69) is 0 Å². The minimum atomic E-state index is -0.610. The number of esters is 1. The first-order valence-electron chi connectivity index (χ1n) is 7.74. The van der Waals surface area contributed by atoms with E-state index in [9.17, 15) is 9.59 Å². The number of likely N-dealkylation sites (tertiary alicyclic amines) is 1. The van der Waals surface area contributed by atoms with Crippen molar-refractivity contribution in [3.63, 3.8) is 0 Å². The zero-order valence-electron chi connectivity index (χ0n) is 14.0. The third-order valence-corrected chi connectivity index (χ3v) is 4.42. The van der Waals surface area contributed by atoms with Crippen LogP contribution in [0.3, 0.4) is 0 Å². The van der Waals surface area contributed by atoms with Gasteiger partial charge in [0.1, 0.15) is 11.6 Å². The van der Waals surface area contributed by atoms with E-state index in [0.29, 0.717) is 12.4 Å². The van der Waals surface area contributed by atoms with E-state index in [-0.39, 0.29) is 18.1 Å². The number of carbonyl (C=O) groups excluding carboxylic acids is 2. The molecule has 1 aliphatic rings. The van der Waals surface area contributed by atoms with Gasteiger partial charge in [0.25, 0.3) is 0 Å². The predicted octanol–water partition coefficient (Wildman–Crippen LogP) is 2.01. The maximum Gasteiger partial charge on any atom is 0.410 e. The van der Waals surface area contributed by atoms with Gasteiger partial charge in [0.2, 0.25) is 0 Å². The second kappa shape index (κ2) is 8.62. The largest absolute Gasteiger partial charge is 0.465 e. The number of nitrogens with two attached hydrogens (primary N) is 1. The highest BCUT2D eigenvalue weighted by atomic mass is 32.2. The third-order valence-electron chi connectivity index (χ3n) is 3.20. The second-order valence-corrected chi connectivity index (χ2v) is 7.44. The van der Waals surface area contributed by atoms with Crippen molar-refractivity contribution < 1.29 is 19.1 Å². The number of hydrogen-bond donors (Lipinski definition) is 1. The van der Waals surface area contributed by atoms with Gasteiger partial charge in [-0.15, -0.1) is 0 Å². The summed E-state index contributed by atoms with van der Waals surface area (Å²) in [6, 6.07) is -0.462. The Hall–Kier alpha value is -0.950. The monoisotopic (exact) mass is 332 g/mol. The normalized spacial score (nSPS) is 19.9. The molecule has 1 amide bonds. The molecule has 1 heterocycles. The molecule has 0 aromatic heterocycles. The summed E-state index contributed by atoms with van der Waals surface area (Å²) in [6.45, 7) is 8.42. The molecule has 0 saturated carbocycles. The molecule has 1 rings (SSSR count). The molecule has 22 heavy (non-hydrogen) atoms. The number of thioether (sulfide) groups is 1. The topological polar surface area (TPSA) is 81.9 Å². The van der Waals surface area contributed by atoms with Gasteiger partial charge in [0.15, 0.2) is 0 Å². The molecule has 0 radical (unpaired) electrons. The van der Waals surface area contributed by atoms with Crippen molar-refractivity contribution in [2.45, 2.75) is 58.2 Å². The number of nitrogens with zero attached hydrogens (tertiary/aromatic N) is 1. The molecule has 128 valence electrons. The summed E-state index contributed by atoms with van der Waals surface area (Å²) in [4.78, 5) is 25.4. The van der Waals surface area contributed by atoms with Gasteiger partial charge in [-0.05, 0) is 40.5 Å². The van der Waals surface area contributed by atoms with Gasteiger partial charge in [0.05, 0.1) is 6.61 Å². The molecule has 2 N–H and O–H groups in total. The number of hydrogen-bond acceptors (Lipinski definition) is 6. The van der Waals surface area contributed by atoms with Crippen molar-refractivity contribution in [3.8, 4) is 0 Å². The number of amides is 1. The van der Waals surface area contributed by atoms with Crippen molar-refractivity contribution in [3.05, 3.63) is 0 Å². The van der Waals surface area contributed by atoms with Crippen LogP contribution < -0.4 is 5.73 Å². The lowest BCUT2D eigenvalue weighted by Gasteiger charge is -2.28. The summed E-state index contributed by atoms with van der Waals surface area (Å²) < 4.78 is 10.3. The molecule has 1 saturated heterocycles. The van der Waals surface area contributed by atoms with Crippen LogP contribution in [0.15, 0.2) is 0 Å². The summed E-state index contributed by atoms with van der Waals surface area (Å²) in [7, 11) is 0. The molecular weight excluding hydrogens is 304 g/mol. The molecule has 0 unspecified atom stereocenters. The molecule has 0 aromatic carbocycles. The minimum absolute atomic E-state index is 0.147. The SMILES string of the molecule is CCOC(=O)[C@@H](N)CSC[C@@H]1CCCN1C(=O)OC(C)(C)C. The highest BCUT2D eigenvalue weighted by molar-refractivity contribution is 7.99. The lowest BCUT2D eigenvalue weighted by Crippen LogP contribution is -2.41. The van der Waals surface area contributed by atoms with E-state index in [1.165, 1.54) is 0 Å². The van der Waals surface area contributed by atoms with Crippen LogP contribution in [0.1, 0.15) is 40.5 Å². The first kappa shape index (κ1) is 19.1. The molecular formula is C15H28N2O4S. The van der Waals surface area contributed by atoms with Gasteiger partial charge in [-0.2, -0.15) is 11.8 Å². The molecule has 6 nitrogen and oxygen atoms in total. The van der Waals surface area contributed by atoms with E-state index >= 15 is 0 Å². The summed E-state index contributed by atoms with van der Waals surface area (Å²) in [5, 5.41) is 0. The molecule has 2 atom stereocenters. The number of rotatable bonds is 6. The van der Waals surface area contributed by atoms with Crippen LogP contribution in [-0.2, 0) is 14.3 Å². The van der Waals surface area contributed by atoms with Crippen LogP contribution >= 0.6 is 11.8 Å². The second-order valence-electron chi connectivity index (χ2n) is 6.37. The highest BCUT2D eigenvalue weighted by Crippen LogP contribution is 2.23. The van der Waals surface area contributed by atoms with Gasteiger partial charge in [-0.3, -0.25) is 4.79 Å². The first-order chi connectivity index (χ1) is 10.2. The smallest absolute Gasteiger partial charge is 0.410 e. The Kier molecular flexibility index (Phi) is 7.48. The van der Waals surface area contributed by atoms with Crippen molar-refractivity contribution in [2.24, 2.45) is 5.73 Å². The maximum absolute atomic E-state index is 12.2. The molecule has 0 bridgehead atoms. The standard InChI is InChI=1S/C15H28N2O4S/c1-5-20-13(18)12(16)10-22-9-11-7-6-8-17(11)14(19)21-15(2,3)4/h11-12H,5-10,16H2,1-4H3/t11-,12-/m0/s1. The Bertz CT molecular complexity index is 384. The van der Waals surface area contributed by atoms with Crippen LogP contribution in [0, 0.1) is 0 Å². The molecule has 1 fully saturated rings. The molecule has 0 aliphatic carbocycles. The summed E-state index contributed by atoms with van der Waals surface area (Å²) in [5.74, 6) is 0.884. The Labute approximate surface area is 137 Å². The summed E-state index contributed by atoms with van der Waals surface area (Å²) >= 11 is 1.58. The van der Waals surface area contributed by atoms with E-state index in [1.807, 2.05) is 20.8 Å². The fourth-order valence-electron chi connectivity index (χ4n) is 2.22. The minimum Gasteiger partial charge on any atom is -0.465 e. The van der Waals surface area contributed by atoms with Crippen LogP contribution in [0.4, 0.5) is 4.79 Å². The number of ether oxygens (including phenoxy) is 2. The van der Waals surface area contributed by atoms with E-state index in [1.54, 1.807) is 23.6 Å². The fourth-order valence-corrected chi connectivity index (χ4v) is 3.36. The van der Waals surface area contributed by atoms with Gasteiger partial charge in [-0.1, -0.05) is 0 Å². The predicted molar refractivity (Wildman–Crippen MR) is 87.9 cm³/mol. The molecule has 7 heteroatoms. The average molecular weight is 332 g/mol. The van der Waals surface area contributed by atoms with Crippen LogP contribution in [-0.4, -0.2) is 59.3 Å². The van der Waals surface area contributed by atoms with Gasteiger partial charge < -0.3 is 20.1 Å². The van der Waals surface area contributed by atoms with Crippen molar-refractivity contribution in [2.75, 3.05) is 24.7 Å². The first-order valence-corrected chi connectivity index (χ1v) is 8.89. The van der Waals surface area contributed by atoms with Crippen molar-refractivity contribution in [1.29, 1.82) is 0 Å². The quantitative estimate of drug-likeness (QED) is 0.749. The molecule has 1 aliphatic heterocycles. The maximum atomic E-state index is 12.2. The highest BCUT2D eigenvalue weighted by Gasteiger charge is 2.32. The molecule has 0 spiro atoms. The van der Waals surface area contributed by atoms with Crippen LogP contribution in [0.2, 0.25) is 0 Å². The van der Waals surface area contributed by atoms with Gasteiger partial charge in [-0.25, -0.2) is 4.79 Å². The Balaban J connectivity index is 2.38. The fraction of sp³-hybridized carbons (Fsp3) is 0.867. The van der Waals surface area contributed by atoms with Crippen molar-refractivity contribution >= 4 is 23.8 Å². The Morgan fingerprint density at radius 2 is 2.09 bits per heavy atom.